The first-order valence-corrected chi connectivity index (χ1v) is 9.78. The molecule has 1 amide bonds. The van der Waals surface area contributed by atoms with Crippen molar-refractivity contribution in [1.82, 2.24) is 20.1 Å². The second-order valence-corrected chi connectivity index (χ2v) is 7.05. The summed E-state index contributed by atoms with van der Waals surface area (Å²) >= 11 is 0. The lowest BCUT2D eigenvalue weighted by atomic mass is 10.0. The van der Waals surface area contributed by atoms with Crippen molar-refractivity contribution in [3.63, 3.8) is 0 Å². The smallest absolute Gasteiger partial charge is 0.417 e. The molecule has 3 rings (SSSR count). The van der Waals surface area contributed by atoms with Crippen LogP contribution in [0.25, 0.3) is 11.5 Å². The maximum absolute atomic E-state index is 14.6. The minimum Gasteiger partial charge on any atom is -0.473 e. The summed E-state index contributed by atoms with van der Waals surface area (Å²) in [7, 11) is 0. The lowest BCUT2D eigenvalue weighted by Crippen LogP contribution is -2.42. The fraction of sp³-hybridized carbons (Fsp3) is 0.333. The molecule has 2 aromatic heterocycles. The molecule has 0 aliphatic carbocycles. The number of halogens is 5. The highest BCUT2D eigenvalue weighted by molar-refractivity contribution is 6.00. The van der Waals surface area contributed by atoms with Crippen LogP contribution >= 0.6 is 0 Å². The van der Waals surface area contributed by atoms with E-state index in [-0.39, 0.29) is 42.1 Å². The number of ether oxygens (including phenoxy) is 1. The molecule has 0 fully saturated rings. The van der Waals surface area contributed by atoms with E-state index in [0.29, 0.717) is 6.20 Å². The first kappa shape index (κ1) is 24.1. The summed E-state index contributed by atoms with van der Waals surface area (Å²) in [5.41, 5.74) is -1.45. The van der Waals surface area contributed by atoms with Gasteiger partial charge in [0.2, 0.25) is 11.8 Å². The zero-order valence-corrected chi connectivity index (χ0v) is 17.8. The molecule has 0 aliphatic heterocycles. The number of amides is 1. The number of pyridine rings is 1. The highest BCUT2D eigenvalue weighted by atomic mass is 19.4. The van der Waals surface area contributed by atoms with Gasteiger partial charge in [0.1, 0.15) is 12.4 Å². The number of benzene rings is 1. The van der Waals surface area contributed by atoms with Crippen LogP contribution in [0.2, 0.25) is 0 Å². The SMILES string of the molecule is CCN(C(=O)c1cccc(F)c1-c1nnc(C)o1)[C@@H](C)COc1ncc(C(F)(F)F)cc1F. The average molecular weight is 470 g/mol. The number of hydrogen-bond donors (Lipinski definition) is 0. The molecule has 0 spiro atoms. The fourth-order valence-corrected chi connectivity index (χ4v) is 3.10. The molecule has 2 heterocycles. The van der Waals surface area contributed by atoms with Crippen LogP contribution in [0.15, 0.2) is 34.9 Å². The molecule has 1 aromatic carbocycles. The third-order valence-corrected chi connectivity index (χ3v) is 4.71. The number of hydrogen-bond acceptors (Lipinski definition) is 6. The number of nitrogens with zero attached hydrogens (tertiary/aromatic N) is 4. The van der Waals surface area contributed by atoms with Crippen molar-refractivity contribution in [1.29, 1.82) is 0 Å². The van der Waals surface area contributed by atoms with Gasteiger partial charge in [-0.25, -0.2) is 13.8 Å². The predicted octanol–water partition coefficient (Wildman–Crippen LogP) is 4.67. The first-order valence-electron chi connectivity index (χ1n) is 9.78. The maximum Gasteiger partial charge on any atom is 0.417 e. The molecule has 176 valence electrons. The summed E-state index contributed by atoms with van der Waals surface area (Å²) in [6.45, 7) is 4.66. The number of likely N-dealkylation sites (N-methyl/N-ethyl adjacent to an activating group) is 1. The molecule has 33 heavy (non-hydrogen) atoms. The third kappa shape index (κ3) is 5.26. The van der Waals surface area contributed by atoms with Crippen LogP contribution in [-0.2, 0) is 6.18 Å². The Morgan fingerprint density at radius 1 is 1.21 bits per heavy atom. The van der Waals surface area contributed by atoms with Crippen molar-refractivity contribution >= 4 is 5.91 Å². The molecule has 3 aromatic rings. The Bertz CT molecular complexity index is 1150. The Kier molecular flexibility index (Phi) is 6.94. The first-order chi connectivity index (χ1) is 15.5. The molecule has 12 heteroatoms. The van der Waals surface area contributed by atoms with Gasteiger partial charge < -0.3 is 14.1 Å². The summed E-state index contributed by atoms with van der Waals surface area (Å²) in [4.78, 5) is 17.9. The summed E-state index contributed by atoms with van der Waals surface area (Å²) < 4.78 is 77.0. The van der Waals surface area contributed by atoms with Crippen LogP contribution in [0.4, 0.5) is 22.0 Å². The Morgan fingerprint density at radius 3 is 2.52 bits per heavy atom. The van der Waals surface area contributed by atoms with Crippen molar-refractivity contribution < 1.29 is 35.9 Å². The van der Waals surface area contributed by atoms with Gasteiger partial charge in [-0.2, -0.15) is 13.2 Å². The van der Waals surface area contributed by atoms with E-state index in [0.717, 1.165) is 6.07 Å². The molecule has 7 nitrogen and oxygen atoms in total. The van der Waals surface area contributed by atoms with Gasteiger partial charge >= 0.3 is 6.18 Å². The summed E-state index contributed by atoms with van der Waals surface area (Å²) in [5.74, 6) is -3.21. The van der Waals surface area contributed by atoms with Crippen LogP contribution in [0.3, 0.4) is 0 Å². The highest BCUT2D eigenvalue weighted by Gasteiger charge is 2.32. The van der Waals surface area contributed by atoms with Crippen LogP contribution in [0.1, 0.15) is 35.7 Å². The van der Waals surface area contributed by atoms with Gasteiger partial charge in [0.15, 0.2) is 5.82 Å². The zero-order valence-electron chi connectivity index (χ0n) is 17.8. The third-order valence-electron chi connectivity index (χ3n) is 4.71. The minimum absolute atomic E-state index is 0.0359. The van der Waals surface area contributed by atoms with E-state index < -0.39 is 41.2 Å². The minimum atomic E-state index is -4.75. The Hall–Kier alpha value is -3.57. The van der Waals surface area contributed by atoms with Gasteiger partial charge in [-0.3, -0.25) is 4.79 Å². The monoisotopic (exact) mass is 470 g/mol. The van der Waals surface area contributed by atoms with Gasteiger partial charge in [0.25, 0.3) is 11.8 Å². The topological polar surface area (TPSA) is 81.4 Å². The number of carbonyl (C=O) groups is 1. The van der Waals surface area contributed by atoms with E-state index >= 15 is 0 Å². The van der Waals surface area contributed by atoms with Gasteiger partial charge in [0.05, 0.1) is 22.7 Å². The molecular weight excluding hydrogens is 451 g/mol. The summed E-state index contributed by atoms with van der Waals surface area (Å²) in [6, 6.07) is 3.50. The zero-order chi connectivity index (χ0) is 24.3. The normalized spacial score (nSPS) is 12.5. The molecule has 0 aliphatic rings. The quantitative estimate of drug-likeness (QED) is 0.467. The van der Waals surface area contributed by atoms with Gasteiger partial charge in [-0.15, -0.1) is 10.2 Å². The molecule has 0 N–H and O–H groups in total. The predicted molar refractivity (Wildman–Crippen MR) is 105 cm³/mol. The summed E-state index contributed by atoms with van der Waals surface area (Å²) in [6.07, 6.45) is -4.29. The fourth-order valence-electron chi connectivity index (χ4n) is 3.10. The van der Waals surface area contributed by atoms with Gasteiger partial charge in [0, 0.05) is 19.7 Å². The lowest BCUT2D eigenvalue weighted by Gasteiger charge is -2.28. The van der Waals surface area contributed by atoms with Crippen molar-refractivity contribution in [2.24, 2.45) is 0 Å². The van der Waals surface area contributed by atoms with Gasteiger partial charge in [-0.1, -0.05) is 6.07 Å². The molecule has 1 atom stereocenters. The Morgan fingerprint density at radius 2 is 1.94 bits per heavy atom. The molecule has 0 radical (unpaired) electrons. The summed E-state index contributed by atoms with van der Waals surface area (Å²) in [5, 5.41) is 7.43. The average Bonchev–Trinajstić information content (AvgIpc) is 3.18. The Balaban J connectivity index is 1.80. The van der Waals surface area contributed by atoms with Crippen LogP contribution in [-0.4, -0.2) is 45.2 Å². The highest BCUT2D eigenvalue weighted by Crippen LogP contribution is 2.31. The van der Waals surface area contributed by atoms with Crippen molar-refractivity contribution in [2.45, 2.75) is 33.0 Å². The van der Waals surface area contributed by atoms with E-state index in [4.69, 9.17) is 9.15 Å². The van der Waals surface area contributed by atoms with Crippen molar-refractivity contribution in [2.75, 3.05) is 13.2 Å². The second-order valence-electron chi connectivity index (χ2n) is 7.05. The van der Waals surface area contributed by atoms with Crippen molar-refractivity contribution in [3.8, 4) is 17.3 Å². The maximum atomic E-state index is 14.6. The number of alkyl halides is 3. The largest absolute Gasteiger partial charge is 0.473 e. The van der Waals surface area contributed by atoms with E-state index in [1.54, 1.807) is 13.8 Å². The van der Waals surface area contributed by atoms with Gasteiger partial charge in [-0.05, 0) is 32.0 Å². The molecule has 0 saturated heterocycles. The van der Waals surface area contributed by atoms with E-state index in [1.807, 2.05) is 0 Å². The Labute approximate surface area is 185 Å². The molecular formula is C21H19F5N4O3. The van der Waals surface area contributed by atoms with Crippen LogP contribution < -0.4 is 4.74 Å². The molecule has 0 unspecified atom stereocenters. The standard InChI is InChI=1S/C21H19F5N4O3/c1-4-30(11(2)10-32-18-16(23)8-13(9-27-18)21(24,25)26)20(31)14-6-5-7-15(22)17(14)19-29-28-12(3)33-19/h5-9,11H,4,10H2,1-3H3/t11-/m0/s1. The van der Waals surface area contributed by atoms with Crippen LogP contribution in [0.5, 0.6) is 5.88 Å². The lowest BCUT2D eigenvalue weighted by molar-refractivity contribution is -0.138. The number of aryl methyl sites for hydroxylation is 1. The van der Waals surface area contributed by atoms with E-state index in [9.17, 15) is 26.7 Å². The number of carbonyl (C=O) groups excluding carboxylic acids is 1. The van der Waals surface area contributed by atoms with E-state index in [1.165, 1.54) is 24.0 Å². The van der Waals surface area contributed by atoms with E-state index in [2.05, 4.69) is 15.2 Å². The second kappa shape index (κ2) is 9.51. The number of rotatable bonds is 7. The van der Waals surface area contributed by atoms with Crippen LogP contribution in [0, 0.1) is 18.6 Å². The number of aromatic nitrogens is 3. The molecule has 0 saturated carbocycles. The molecule has 0 bridgehead atoms. The van der Waals surface area contributed by atoms with Crippen molar-refractivity contribution in [3.05, 3.63) is 59.1 Å².